The molecular weight excluding hydrogens is 262 g/mol. The largest absolute Gasteiger partial charge is 0.311 e. The average Bonchev–Trinajstić information content (AvgIpc) is 2.80. The molecule has 1 aromatic rings. The Kier molecular flexibility index (Phi) is 4.30. The summed E-state index contributed by atoms with van der Waals surface area (Å²) in [5.41, 5.74) is 3.65. The highest BCUT2D eigenvalue weighted by Gasteiger charge is 2.27. The summed E-state index contributed by atoms with van der Waals surface area (Å²) < 4.78 is 24.7. The lowest BCUT2D eigenvalue weighted by atomic mass is 10.1. The first-order chi connectivity index (χ1) is 8.93. The Morgan fingerprint density at radius 2 is 2.16 bits per heavy atom. The van der Waals surface area contributed by atoms with E-state index < -0.39 is 9.84 Å². The Labute approximate surface area is 115 Å². The van der Waals surface area contributed by atoms with E-state index in [0.717, 1.165) is 31.6 Å². The summed E-state index contributed by atoms with van der Waals surface area (Å²) in [5, 5.41) is 7.85. The lowest BCUT2D eigenvalue weighted by Gasteiger charge is -2.11. The molecule has 2 rings (SSSR count). The number of hydrogen-bond donors (Lipinski definition) is 1. The van der Waals surface area contributed by atoms with Crippen molar-refractivity contribution < 1.29 is 8.42 Å². The molecule has 0 spiro atoms. The fourth-order valence-corrected chi connectivity index (χ4v) is 4.50. The fourth-order valence-electron chi connectivity index (χ4n) is 2.79. The van der Waals surface area contributed by atoms with Crippen LogP contribution in [0.1, 0.15) is 30.3 Å². The molecule has 0 amide bonds. The van der Waals surface area contributed by atoms with Crippen LogP contribution in [0.15, 0.2) is 0 Å². The highest BCUT2D eigenvalue weighted by atomic mass is 32.2. The monoisotopic (exact) mass is 285 g/mol. The van der Waals surface area contributed by atoms with E-state index in [-0.39, 0.29) is 11.8 Å². The Morgan fingerprint density at radius 3 is 2.68 bits per heavy atom. The first kappa shape index (κ1) is 14.5. The number of hydrogen-bond acceptors (Lipinski definition) is 4. The lowest BCUT2D eigenvalue weighted by molar-refractivity contribution is 0.493. The third-order valence-electron chi connectivity index (χ3n) is 3.87. The van der Waals surface area contributed by atoms with Gasteiger partial charge in [0.25, 0.3) is 0 Å². The van der Waals surface area contributed by atoms with Gasteiger partial charge in [0, 0.05) is 18.3 Å². The zero-order chi connectivity index (χ0) is 14.0. The predicted molar refractivity (Wildman–Crippen MR) is 76.1 cm³/mol. The SMILES string of the molecule is CCc1c(C)nn(CCNC2CCS(=O)(=O)C2)c1C. The molecule has 1 atom stereocenters. The first-order valence-electron chi connectivity index (χ1n) is 6.89. The molecule has 1 aromatic heterocycles. The van der Waals surface area contributed by atoms with Gasteiger partial charge < -0.3 is 5.32 Å². The summed E-state index contributed by atoms with van der Waals surface area (Å²) in [6, 6.07) is 0.118. The highest BCUT2D eigenvalue weighted by Crippen LogP contribution is 2.14. The predicted octanol–water partition coefficient (Wildman–Crippen LogP) is 0.839. The van der Waals surface area contributed by atoms with Crippen molar-refractivity contribution in [2.75, 3.05) is 18.1 Å². The van der Waals surface area contributed by atoms with E-state index in [0.29, 0.717) is 5.75 Å². The van der Waals surface area contributed by atoms with Crippen molar-refractivity contribution in [1.82, 2.24) is 15.1 Å². The van der Waals surface area contributed by atoms with Crippen LogP contribution >= 0.6 is 0 Å². The lowest BCUT2D eigenvalue weighted by Crippen LogP contribution is -2.33. The molecule has 19 heavy (non-hydrogen) atoms. The maximum atomic E-state index is 11.4. The van der Waals surface area contributed by atoms with Gasteiger partial charge in [-0.3, -0.25) is 4.68 Å². The molecule has 0 bridgehead atoms. The van der Waals surface area contributed by atoms with E-state index in [1.165, 1.54) is 11.3 Å². The molecular formula is C13H23N3O2S. The Balaban J connectivity index is 1.87. The number of nitrogens with one attached hydrogen (secondary N) is 1. The van der Waals surface area contributed by atoms with E-state index in [1.807, 2.05) is 11.6 Å². The van der Waals surface area contributed by atoms with Gasteiger partial charge in [-0.15, -0.1) is 0 Å². The van der Waals surface area contributed by atoms with Gasteiger partial charge in [-0.05, 0) is 32.3 Å². The molecule has 5 nitrogen and oxygen atoms in total. The third-order valence-corrected chi connectivity index (χ3v) is 5.64. The van der Waals surface area contributed by atoms with Gasteiger partial charge >= 0.3 is 0 Å². The van der Waals surface area contributed by atoms with Gasteiger partial charge in [-0.1, -0.05) is 6.92 Å². The van der Waals surface area contributed by atoms with Crippen molar-refractivity contribution in [2.45, 2.75) is 46.2 Å². The Morgan fingerprint density at radius 1 is 1.42 bits per heavy atom. The van der Waals surface area contributed by atoms with Crippen molar-refractivity contribution in [1.29, 1.82) is 0 Å². The van der Waals surface area contributed by atoms with Crippen molar-refractivity contribution in [3.05, 3.63) is 17.0 Å². The number of aryl methyl sites for hydroxylation is 1. The van der Waals surface area contributed by atoms with Gasteiger partial charge in [-0.25, -0.2) is 8.42 Å². The molecule has 1 fully saturated rings. The van der Waals surface area contributed by atoms with Crippen LogP contribution in [0.2, 0.25) is 0 Å². The van der Waals surface area contributed by atoms with Crippen LogP contribution in [0.3, 0.4) is 0 Å². The van der Waals surface area contributed by atoms with Crippen LogP contribution in [0.25, 0.3) is 0 Å². The first-order valence-corrected chi connectivity index (χ1v) is 8.71. The minimum atomic E-state index is -2.79. The highest BCUT2D eigenvalue weighted by molar-refractivity contribution is 7.91. The molecule has 0 radical (unpaired) electrons. The van der Waals surface area contributed by atoms with Crippen LogP contribution in [0.4, 0.5) is 0 Å². The number of sulfone groups is 1. The summed E-state index contributed by atoms with van der Waals surface area (Å²) in [4.78, 5) is 0. The minimum Gasteiger partial charge on any atom is -0.311 e. The molecule has 1 unspecified atom stereocenters. The maximum absolute atomic E-state index is 11.4. The summed E-state index contributed by atoms with van der Waals surface area (Å²) in [6.07, 6.45) is 1.74. The fraction of sp³-hybridized carbons (Fsp3) is 0.769. The van der Waals surface area contributed by atoms with Gasteiger partial charge in [0.15, 0.2) is 9.84 Å². The molecule has 0 saturated carbocycles. The third kappa shape index (κ3) is 3.36. The second-order valence-electron chi connectivity index (χ2n) is 5.28. The zero-order valence-electron chi connectivity index (χ0n) is 11.9. The van der Waals surface area contributed by atoms with Crippen LogP contribution in [-0.4, -0.2) is 42.3 Å². The van der Waals surface area contributed by atoms with Crippen molar-refractivity contribution in [2.24, 2.45) is 0 Å². The van der Waals surface area contributed by atoms with E-state index >= 15 is 0 Å². The Bertz CT molecular complexity index is 548. The quantitative estimate of drug-likeness (QED) is 0.871. The second-order valence-corrected chi connectivity index (χ2v) is 7.51. The Hall–Kier alpha value is -0.880. The van der Waals surface area contributed by atoms with Crippen molar-refractivity contribution in [3.63, 3.8) is 0 Å². The molecule has 1 saturated heterocycles. The molecule has 0 aliphatic carbocycles. The van der Waals surface area contributed by atoms with Crippen LogP contribution in [0, 0.1) is 13.8 Å². The van der Waals surface area contributed by atoms with Crippen LogP contribution < -0.4 is 5.32 Å². The van der Waals surface area contributed by atoms with Crippen LogP contribution in [-0.2, 0) is 22.8 Å². The minimum absolute atomic E-state index is 0.118. The summed E-state index contributed by atoms with van der Waals surface area (Å²) in [7, 11) is -2.79. The van der Waals surface area contributed by atoms with Crippen molar-refractivity contribution >= 4 is 9.84 Å². The van der Waals surface area contributed by atoms with E-state index in [4.69, 9.17) is 0 Å². The molecule has 0 aromatic carbocycles. The van der Waals surface area contributed by atoms with Crippen molar-refractivity contribution in [3.8, 4) is 0 Å². The van der Waals surface area contributed by atoms with Crippen LogP contribution in [0.5, 0.6) is 0 Å². The average molecular weight is 285 g/mol. The number of aromatic nitrogens is 2. The smallest absolute Gasteiger partial charge is 0.151 e. The molecule has 6 heteroatoms. The van der Waals surface area contributed by atoms with Gasteiger partial charge in [0.2, 0.25) is 0 Å². The van der Waals surface area contributed by atoms with E-state index in [1.54, 1.807) is 0 Å². The normalized spacial score (nSPS) is 21.9. The van der Waals surface area contributed by atoms with Gasteiger partial charge in [0.1, 0.15) is 0 Å². The zero-order valence-corrected chi connectivity index (χ0v) is 12.8. The van der Waals surface area contributed by atoms with Gasteiger partial charge in [0.05, 0.1) is 23.7 Å². The number of nitrogens with zero attached hydrogens (tertiary/aromatic N) is 2. The van der Waals surface area contributed by atoms with E-state index in [2.05, 4.69) is 24.3 Å². The maximum Gasteiger partial charge on any atom is 0.151 e. The molecule has 108 valence electrons. The van der Waals surface area contributed by atoms with Gasteiger partial charge in [-0.2, -0.15) is 5.10 Å². The molecule has 1 N–H and O–H groups in total. The molecule has 2 heterocycles. The standard InChI is InChI=1S/C13H23N3O2S/c1-4-13-10(2)15-16(11(13)3)7-6-14-12-5-8-19(17,18)9-12/h12,14H,4-9H2,1-3H3. The molecule has 1 aliphatic rings. The summed E-state index contributed by atoms with van der Waals surface area (Å²) in [6.45, 7) is 7.84. The number of rotatable bonds is 5. The summed E-state index contributed by atoms with van der Waals surface area (Å²) in [5.74, 6) is 0.606. The summed E-state index contributed by atoms with van der Waals surface area (Å²) >= 11 is 0. The second kappa shape index (κ2) is 5.63. The molecule has 1 aliphatic heterocycles. The van der Waals surface area contributed by atoms with E-state index in [9.17, 15) is 8.42 Å². The topological polar surface area (TPSA) is 64.0 Å².